The lowest BCUT2D eigenvalue weighted by Crippen LogP contribution is -1.88. The second-order valence-corrected chi connectivity index (χ2v) is 1.53. The lowest BCUT2D eigenvalue weighted by Gasteiger charge is -1.91. The maximum atomic E-state index is 7.92. The third-order valence-electron chi connectivity index (χ3n) is 0.718. The molecule has 0 atom stereocenters. The van der Waals surface area contributed by atoms with Gasteiger partial charge in [0.1, 0.15) is 6.61 Å². The lowest BCUT2D eigenvalue weighted by atomic mass is 10.3. The van der Waals surface area contributed by atoms with E-state index in [1.165, 1.54) is 0 Å². The maximum absolute atomic E-state index is 7.92. The minimum absolute atomic E-state index is 0.143. The maximum Gasteiger partial charge on any atom is 0.106 e. The van der Waals surface area contributed by atoms with Gasteiger partial charge < -0.3 is 0 Å². The molecule has 0 bridgehead atoms. The van der Waals surface area contributed by atoms with Gasteiger partial charge in [-0.2, -0.15) is 0 Å². The highest BCUT2D eigenvalue weighted by molar-refractivity contribution is 5.18. The minimum atomic E-state index is 0.143. The van der Waals surface area contributed by atoms with Crippen LogP contribution < -0.4 is 0 Å². The van der Waals surface area contributed by atoms with Crippen LogP contribution in [-0.4, -0.2) is 11.9 Å². The van der Waals surface area contributed by atoms with E-state index >= 15 is 0 Å². The molecule has 0 amide bonds. The highest BCUT2D eigenvalue weighted by Gasteiger charge is 1.83. The highest BCUT2D eigenvalue weighted by atomic mass is 17.1. The van der Waals surface area contributed by atoms with E-state index in [2.05, 4.69) is 18.0 Å². The van der Waals surface area contributed by atoms with Gasteiger partial charge in [-0.25, -0.2) is 4.89 Å². The zero-order valence-electron chi connectivity index (χ0n) is 5.21. The summed E-state index contributed by atoms with van der Waals surface area (Å²) in [7, 11) is 0. The van der Waals surface area contributed by atoms with Gasteiger partial charge in [-0.1, -0.05) is 31.4 Å². The molecule has 0 aromatic rings. The van der Waals surface area contributed by atoms with Crippen molar-refractivity contribution in [1.29, 1.82) is 0 Å². The van der Waals surface area contributed by atoms with Gasteiger partial charge in [0.05, 0.1) is 0 Å². The molecule has 0 saturated carbocycles. The van der Waals surface area contributed by atoms with Crippen LogP contribution in [0, 0.1) is 0 Å². The molecule has 2 nitrogen and oxygen atoms in total. The molecule has 0 rings (SSSR count). The second-order valence-electron chi connectivity index (χ2n) is 1.53. The predicted molar refractivity (Wildman–Crippen MR) is 37.1 cm³/mol. The van der Waals surface area contributed by atoms with Crippen molar-refractivity contribution < 1.29 is 10.1 Å². The fourth-order valence-electron chi connectivity index (χ4n) is 0.335. The quantitative estimate of drug-likeness (QED) is 0.353. The monoisotopic (exact) mass is 126 g/mol. The van der Waals surface area contributed by atoms with Crippen LogP contribution in [-0.2, 0) is 4.89 Å². The first-order chi connectivity index (χ1) is 4.31. The first-order valence-corrected chi connectivity index (χ1v) is 2.54. The van der Waals surface area contributed by atoms with E-state index in [0.29, 0.717) is 5.57 Å². The number of allylic oxidation sites excluding steroid dienone is 2. The van der Waals surface area contributed by atoms with Crippen molar-refractivity contribution in [3.05, 3.63) is 37.0 Å². The zero-order chi connectivity index (χ0) is 7.11. The summed E-state index contributed by atoms with van der Waals surface area (Å²) < 4.78 is 0. The molecule has 0 aromatic heterocycles. The highest BCUT2D eigenvalue weighted by Crippen LogP contribution is 1.91. The molecule has 0 spiro atoms. The number of rotatable bonds is 4. The van der Waals surface area contributed by atoms with Crippen molar-refractivity contribution in [2.45, 2.75) is 0 Å². The molecule has 50 valence electrons. The van der Waals surface area contributed by atoms with E-state index in [4.69, 9.17) is 5.26 Å². The van der Waals surface area contributed by atoms with Crippen LogP contribution in [0.1, 0.15) is 0 Å². The van der Waals surface area contributed by atoms with E-state index in [1.54, 1.807) is 18.2 Å². The standard InChI is InChI=1S/C7H10O2/c1-3-4-5-7(2)6-9-8/h3-5,8H,1-2,6H2/b5-4-. The number of hydrogen-bond acceptors (Lipinski definition) is 2. The molecule has 0 heterocycles. The molecule has 9 heavy (non-hydrogen) atoms. The Hall–Kier alpha value is -0.860. The Bertz CT molecular complexity index is 125. The van der Waals surface area contributed by atoms with Gasteiger partial charge in [0.25, 0.3) is 0 Å². The van der Waals surface area contributed by atoms with E-state index in [-0.39, 0.29) is 6.61 Å². The van der Waals surface area contributed by atoms with Gasteiger partial charge in [-0.15, -0.1) is 0 Å². The molecule has 2 heteroatoms. The van der Waals surface area contributed by atoms with E-state index in [9.17, 15) is 0 Å². The predicted octanol–water partition coefficient (Wildman–Crippen LogP) is 1.77. The first-order valence-electron chi connectivity index (χ1n) is 2.54. The Labute approximate surface area is 54.7 Å². The largest absolute Gasteiger partial charge is 0.251 e. The topological polar surface area (TPSA) is 29.5 Å². The molecule has 0 aliphatic heterocycles. The summed E-state index contributed by atoms with van der Waals surface area (Å²) in [5.41, 5.74) is 0.706. The molecule has 0 saturated heterocycles. The SMILES string of the molecule is C=C/C=C\C(=C)COO. The van der Waals surface area contributed by atoms with E-state index in [0.717, 1.165) is 0 Å². The molecule has 0 aromatic carbocycles. The van der Waals surface area contributed by atoms with Crippen molar-refractivity contribution in [3.63, 3.8) is 0 Å². The van der Waals surface area contributed by atoms with Crippen LogP contribution in [0.25, 0.3) is 0 Å². The fourth-order valence-corrected chi connectivity index (χ4v) is 0.335. The van der Waals surface area contributed by atoms with Crippen LogP contribution in [0.3, 0.4) is 0 Å². The van der Waals surface area contributed by atoms with Crippen molar-refractivity contribution in [3.8, 4) is 0 Å². The summed E-state index contributed by atoms with van der Waals surface area (Å²) in [4.78, 5) is 3.82. The van der Waals surface area contributed by atoms with Gasteiger partial charge in [0.15, 0.2) is 0 Å². The van der Waals surface area contributed by atoms with Crippen LogP contribution in [0.15, 0.2) is 37.0 Å². The summed E-state index contributed by atoms with van der Waals surface area (Å²) >= 11 is 0. The first kappa shape index (κ1) is 8.14. The Morgan fingerprint density at radius 1 is 1.67 bits per heavy atom. The molecule has 0 aliphatic rings. The summed E-state index contributed by atoms with van der Waals surface area (Å²) in [6, 6.07) is 0. The van der Waals surface area contributed by atoms with E-state index < -0.39 is 0 Å². The third kappa shape index (κ3) is 5.00. The van der Waals surface area contributed by atoms with Crippen LogP contribution in [0.5, 0.6) is 0 Å². The zero-order valence-corrected chi connectivity index (χ0v) is 5.21. The summed E-state index contributed by atoms with van der Waals surface area (Å²) in [6.07, 6.45) is 5.06. The second kappa shape index (κ2) is 5.28. The van der Waals surface area contributed by atoms with Crippen molar-refractivity contribution in [2.75, 3.05) is 6.61 Å². The van der Waals surface area contributed by atoms with Gasteiger partial charge in [-0.05, 0) is 5.57 Å². The smallest absolute Gasteiger partial charge is 0.106 e. The molecular weight excluding hydrogens is 116 g/mol. The fraction of sp³-hybridized carbons (Fsp3) is 0.143. The Morgan fingerprint density at radius 3 is 2.78 bits per heavy atom. The van der Waals surface area contributed by atoms with Crippen LogP contribution >= 0.6 is 0 Å². The molecule has 0 fully saturated rings. The van der Waals surface area contributed by atoms with Gasteiger partial charge >= 0.3 is 0 Å². The lowest BCUT2D eigenvalue weighted by molar-refractivity contribution is -0.233. The average Bonchev–Trinajstić information content (AvgIpc) is 1.85. The summed E-state index contributed by atoms with van der Waals surface area (Å²) in [5, 5.41) is 7.92. The minimum Gasteiger partial charge on any atom is -0.251 e. The van der Waals surface area contributed by atoms with Gasteiger partial charge in [0, 0.05) is 0 Å². The van der Waals surface area contributed by atoms with Gasteiger partial charge in [0.2, 0.25) is 0 Å². The van der Waals surface area contributed by atoms with Crippen LogP contribution in [0.2, 0.25) is 0 Å². The summed E-state index contributed by atoms with van der Waals surface area (Å²) in [6.45, 7) is 7.17. The molecule has 0 aliphatic carbocycles. The molecule has 0 unspecified atom stereocenters. The molecular formula is C7H10O2. The third-order valence-corrected chi connectivity index (χ3v) is 0.718. The van der Waals surface area contributed by atoms with Crippen molar-refractivity contribution in [2.24, 2.45) is 0 Å². The van der Waals surface area contributed by atoms with E-state index in [1.807, 2.05) is 0 Å². The van der Waals surface area contributed by atoms with Gasteiger partial charge in [-0.3, -0.25) is 5.26 Å². The van der Waals surface area contributed by atoms with Crippen molar-refractivity contribution in [1.82, 2.24) is 0 Å². The Morgan fingerprint density at radius 2 is 2.33 bits per heavy atom. The average molecular weight is 126 g/mol. The van der Waals surface area contributed by atoms with Crippen molar-refractivity contribution >= 4 is 0 Å². The van der Waals surface area contributed by atoms with Crippen LogP contribution in [0.4, 0.5) is 0 Å². The Balaban J connectivity index is 3.49. The molecule has 1 N–H and O–H groups in total. The Kier molecular flexibility index (Phi) is 4.78. The summed E-state index contributed by atoms with van der Waals surface area (Å²) in [5.74, 6) is 0. The molecule has 0 radical (unpaired) electrons. The normalized spacial score (nSPS) is 9.89. The number of hydrogen-bond donors (Lipinski definition) is 1.